The van der Waals surface area contributed by atoms with E-state index < -0.39 is 5.97 Å². The number of methoxy groups -OCH3 is 1. The number of nitrogens with two attached hydrogens (primary N) is 1. The first-order valence-corrected chi connectivity index (χ1v) is 8.17. The van der Waals surface area contributed by atoms with Gasteiger partial charge in [-0.15, -0.1) is 0 Å². The van der Waals surface area contributed by atoms with Gasteiger partial charge in [-0.05, 0) is 59.2 Å². The number of rotatable bonds is 5. The minimum absolute atomic E-state index is 0.200. The molecule has 0 amide bonds. The molecule has 0 bridgehead atoms. The maximum atomic E-state index is 12.1. The van der Waals surface area contributed by atoms with Crippen molar-refractivity contribution in [3.63, 3.8) is 0 Å². The number of anilines is 1. The molecule has 134 valence electrons. The number of carbonyl (C=O) groups excluding carboxylic acids is 1. The average Bonchev–Trinajstić information content (AvgIpc) is 2.72. The maximum Gasteiger partial charge on any atom is 0.337 e. The lowest BCUT2D eigenvalue weighted by Crippen LogP contribution is -2.05. The molecule has 0 unspecified atom stereocenters. The Labute approximate surface area is 156 Å². The van der Waals surface area contributed by atoms with Crippen LogP contribution in [0.5, 0.6) is 5.75 Å². The Hall–Kier alpha value is -3.85. The predicted molar refractivity (Wildman–Crippen MR) is 101 cm³/mol. The second-order valence-electron chi connectivity index (χ2n) is 5.78. The molecule has 3 rings (SSSR count). The number of aromatic nitrogens is 1. The number of carbonyl (C=O) groups is 1. The minimum atomic E-state index is -0.449. The van der Waals surface area contributed by atoms with E-state index in [4.69, 9.17) is 20.5 Å². The van der Waals surface area contributed by atoms with Crippen molar-refractivity contribution in [2.75, 3.05) is 12.8 Å². The molecular weight excluding hydrogens is 342 g/mol. The molecule has 0 aliphatic rings. The van der Waals surface area contributed by atoms with Crippen molar-refractivity contribution < 1.29 is 14.3 Å². The van der Waals surface area contributed by atoms with E-state index in [1.807, 2.05) is 12.1 Å². The molecular formula is C21H17N3O3. The molecule has 6 nitrogen and oxygen atoms in total. The molecule has 3 aromatic rings. The van der Waals surface area contributed by atoms with E-state index in [-0.39, 0.29) is 6.61 Å². The summed E-state index contributed by atoms with van der Waals surface area (Å²) in [5, 5.41) is 9.12. The molecule has 0 fully saturated rings. The molecule has 0 aliphatic heterocycles. The lowest BCUT2D eigenvalue weighted by Gasteiger charge is -2.11. The summed E-state index contributed by atoms with van der Waals surface area (Å²) < 4.78 is 10.6. The quantitative estimate of drug-likeness (QED) is 0.699. The third-order valence-electron chi connectivity index (χ3n) is 3.93. The Balaban J connectivity index is 1.97. The van der Waals surface area contributed by atoms with E-state index in [1.54, 1.807) is 48.7 Å². The van der Waals surface area contributed by atoms with Crippen LogP contribution in [0.2, 0.25) is 0 Å². The highest BCUT2D eigenvalue weighted by Gasteiger charge is 2.11. The van der Waals surface area contributed by atoms with Crippen LogP contribution in [0, 0.1) is 11.3 Å². The number of ether oxygens (including phenoxy) is 2. The van der Waals surface area contributed by atoms with Crippen molar-refractivity contribution in [3.8, 4) is 22.9 Å². The highest BCUT2D eigenvalue weighted by Crippen LogP contribution is 2.25. The molecule has 2 N–H and O–H groups in total. The summed E-state index contributed by atoms with van der Waals surface area (Å²) in [7, 11) is 1.33. The fourth-order valence-electron chi connectivity index (χ4n) is 2.63. The molecule has 1 heterocycles. The summed E-state index contributed by atoms with van der Waals surface area (Å²) in [6.07, 6.45) is 1.58. The second kappa shape index (κ2) is 8.02. The van der Waals surface area contributed by atoms with Gasteiger partial charge in [-0.2, -0.15) is 5.26 Å². The van der Waals surface area contributed by atoms with Crippen LogP contribution in [0.15, 0.2) is 60.8 Å². The number of nitrogen functional groups attached to an aromatic ring is 1. The van der Waals surface area contributed by atoms with Crippen LogP contribution in [-0.4, -0.2) is 18.1 Å². The standard InChI is InChI=1S/C21H17N3O3/c1-26-21(25)18-10-15(13-27-19-6-3-7-24-20(19)23)9-17(11-18)16-5-2-4-14(8-16)12-22/h2-11H,13H2,1H3,(H2,23,24). The first-order valence-electron chi connectivity index (χ1n) is 8.17. The molecule has 0 atom stereocenters. The second-order valence-corrected chi connectivity index (χ2v) is 5.78. The van der Waals surface area contributed by atoms with Gasteiger partial charge in [0.15, 0.2) is 11.6 Å². The average molecular weight is 359 g/mol. The Morgan fingerprint density at radius 2 is 2.00 bits per heavy atom. The summed E-state index contributed by atoms with van der Waals surface area (Å²) in [6.45, 7) is 0.200. The topological polar surface area (TPSA) is 98.2 Å². The molecule has 6 heteroatoms. The Bertz CT molecular complexity index is 1030. The minimum Gasteiger partial charge on any atom is -0.485 e. The van der Waals surface area contributed by atoms with Gasteiger partial charge in [-0.1, -0.05) is 12.1 Å². The maximum absolute atomic E-state index is 12.1. The van der Waals surface area contributed by atoms with Gasteiger partial charge in [0.25, 0.3) is 0 Å². The van der Waals surface area contributed by atoms with E-state index >= 15 is 0 Å². The summed E-state index contributed by atoms with van der Waals surface area (Å²) in [5.41, 5.74) is 9.10. The van der Waals surface area contributed by atoms with Crippen LogP contribution in [-0.2, 0) is 11.3 Å². The number of benzene rings is 2. The molecule has 2 aromatic carbocycles. The van der Waals surface area contributed by atoms with Crippen LogP contribution in [0.1, 0.15) is 21.5 Å². The normalized spacial score (nSPS) is 10.1. The monoisotopic (exact) mass is 359 g/mol. The zero-order valence-corrected chi connectivity index (χ0v) is 14.7. The number of esters is 1. The van der Waals surface area contributed by atoms with Gasteiger partial charge in [-0.3, -0.25) is 0 Å². The van der Waals surface area contributed by atoms with Crippen molar-refractivity contribution in [2.24, 2.45) is 0 Å². The lowest BCUT2D eigenvalue weighted by atomic mass is 9.98. The molecule has 27 heavy (non-hydrogen) atoms. The van der Waals surface area contributed by atoms with Crippen molar-refractivity contribution >= 4 is 11.8 Å². The number of hydrogen-bond donors (Lipinski definition) is 1. The fourth-order valence-corrected chi connectivity index (χ4v) is 2.63. The Morgan fingerprint density at radius 3 is 2.74 bits per heavy atom. The van der Waals surface area contributed by atoms with Crippen LogP contribution < -0.4 is 10.5 Å². The van der Waals surface area contributed by atoms with Gasteiger partial charge in [0, 0.05) is 6.20 Å². The van der Waals surface area contributed by atoms with E-state index in [9.17, 15) is 4.79 Å². The van der Waals surface area contributed by atoms with Crippen molar-refractivity contribution in [3.05, 3.63) is 77.5 Å². The van der Waals surface area contributed by atoms with E-state index in [1.165, 1.54) is 7.11 Å². The number of nitriles is 1. The van der Waals surface area contributed by atoms with Crippen LogP contribution in [0.4, 0.5) is 5.82 Å². The molecule has 0 saturated heterocycles. The predicted octanol–water partition coefficient (Wildman–Crippen LogP) is 3.57. The largest absolute Gasteiger partial charge is 0.485 e. The van der Waals surface area contributed by atoms with Gasteiger partial charge in [0.2, 0.25) is 0 Å². The van der Waals surface area contributed by atoms with Crippen molar-refractivity contribution in [1.29, 1.82) is 5.26 Å². The molecule has 1 aromatic heterocycles. The summed E-state index contributed by atoms with van der Waals surface area (Å²) in [6, 6.07) is 18.1. The number of hydrogen-bond acceptors (Lipinski definition) is 6. The highest BCUT2D eigenvalue weighted by molar-refractivity contribution is 5.91. The van der Waals surface area contributed by atoms with Crippen LogP contribution >= 0.6 is 0 Å². The molecule has 0 saturated carbocycles. The Kier molecular flexibility index (Phi) is 5.33. The van der Waals surface area contributed by atoms with Gasteiger partial charge in [0.05, 0.1) is 24.3 Å². The number of pyridine rings is 1. The van der Waals surface area contributed by atoms with Crippen LogP contribution in [0.25, 0.3) is 11.1 Å². The zero-order valence-electron chi connectivity index (χ0n) is 14.7. The van der Waals surface area contributed by atoms with Gasteiger partial charge in [0.1, 0.15) is 6.61 Å². The third kappa shape index (κ3) is 4.22. The molecule has 0 spiro atoms. The fraction of sp³-hybridized carbons (Fsp3) is 0.0952. The van der Waals surface area contributed by atoms with Gasteiger partial charge in [-0.25, -0.2) is 9.78 Å². The first-order chi connectivity index (χ1) is 13.1. The van der Waals surface area contributed by atoms with Gasteiger partial charge >= 0.3 is 5.97 Å². The third-order valence-corrected chi connectivity index (χ3v) is 3.93. The van der Waals surface area contributed by atoms with Gasteiger partial charge < -0.3 is 15.2 Å². The smallest absolute Gasteiger partial charge is 0.337 e. The van der Waals surface area contributed by atoms with E-state index in [0.717, 1.165) is 16.7 Å². The SMILES string of the molecule is COC(=O)c1cc(COc2cccnc2N)cc(-c2cccc(C#N)c2)c1. The first kappa shape index (κ1) is 18.0. The highest BCUT2D eigenvalue weighted by atomic mass is 16.5. The van der Waals surface area contributed by atoms with Crippen LogP contribution in [0.3, 0.4) is 0 Å². The Morgan fingerprint density at radius 1 is 1.15 bits per heavy atom. The molecule has 0 radical (unpaired) electrons. The summed E-state index contributed by atoms with van der Waals surface area (Å²) >= 11 is 0. The van der Waals surface area contributed by atoms with Crippen molar-refractivity contribution in [2.45, 2.75) is 6.61 Å². The summed E-state index contributed by atoms with van der Waals surface area (Å²) in [4.78, 5) is 16.0. The summed E-state index contributed by atoms with van der Waals surface area (Å²) in [5.74, 6) is 0.313. The lowest BCUT2D eigenvalue weighted by molar-refractivity contribution is 0.0600. The van der Waals surface area contributed by atoms with E-state index in [2.05, 4.69) is 11.1 Å². The molecule has 0 aliphatic carbocycles. The van der Waals surface area contributed by atoms with Crippen molar-refractivity contribution in [1.82, 2.24) is 4.98 Å². The number of nitrogens with zero attached hydrogens (tertiary/aromatic N) is 2. The zero-order chi connectivity index (χ0) is 19.2. The van der Waals surface area contributed by atoms with E-state index in [0.29, 0.717) is 22.7 Å².